The van der Waals surface area contributed by atoms with Gasteiger partial charge in [0.15, 0.2) is 11.5 Å². The van der Waals surface area contributed by atoms with Gasteiger partial charge in [-0.15, -0.1) is 15.3 Å². The van der Waals surface area contributed by atoms with Crippen LogP contribution in [0.15, 0.2) is 30.6 Å². The van der Waals surface area contributed by atoms with Crippen LogP contribution in [-0.2, 0) is 0 Å². The minimum atomic E-state index is 0.169. The Morgan fingerprint density at radius 2 is 2.04 bits per heavy atom. The highest BCUT2D eigenvalue weighted by molar-refractivity contribution is 5.47. The van der Waals surface area contributed by atoms with Gasteiger partial charge in [-0.2, -0.15) is 4.52 Å². The summed E-state index contributed by atoms with van der Waals surface area (Å²) in [6.07, 6.45) is 7.15. The van der Waals surface area contributed by atoms with E-state index in [1.54, 1.807) is 6.20 Å². The van der Waals surface area contributed by atoms with Crippen molar-refractivity contribution in [2.75, 3.05) is 18.0 Å². The van der Waals surface area contributed by atoms with Crippen LogP contribution in [0.25, 0.3) is 5.65 Å². The molecule has 0 aromatic carbocycles. The molecule has 7 heteroatoms. The molecule has 1 saturated carbocycles. The summed E-state index contributed by atoms with van der Waals surface area (Å²) in [7, 11) is 0. The molecule has 0 bridgehead atoms. The third-order valence-corrected chi connectivity index (χ3v) is 4.95. The van der Waals surface area contributed by atoms with Crippen LogP contribution in [0, 0.1) is 6.92 Å². The summed E-state index contributed by atoms with van der Waals surface area (Å²) < 4.78 is 8.07. The summed E-state index contributed by atoms with van der Waals surface area (Å²) in [5.41, 5.74) is 1.89. The number of aromatic nitrogens is 5. The van der Waals surface area contributed by atoms with Crippen LogP contribution in [-0.4, -0.2) is 44.0 Å². The Labute approximate surface area is 145 Å². The summed E-state index contributed by atoms with van der Waals surface area (Å²) in [5, 5.41) is 13.3. The number of nitrogens with zero attached hydrogens (tertiary/aromatic N) is 6. The predicted molar refractivity (Wildman–Crippen MR) is 93.0 cm³/mol. The fraction of sp³-hybridized carbons (Fsp3) is 0.444. The lowest BCUT2D eigenvalue weighted by Gasteiger charge is -2.18. The van der Waals surface area contributed by atoms with Crippen molar-refractivity contribution in [3.63, 3.8) is 0 Å². The molecule has 7 nitrogen and oxygen atoms in total. The lowest BCUT2D eigenvalue weighted by Crippen LogP contribution is -2.26. The zero-order valence-corrected chi connectivity index (χ0v) is 14.2. The molecule has 2 fully saturated rings. The third-order valence-electron chi connectivity index (χ3n) is 4.95. The molecule has 1 saturated heterocycles. The molecule has 5 rings (SSSR count). The summed E-state index contributed by atoms with van der Waals surface area (Å²) in [6, 6.07) is 5.96. The van der Waals surface area contributed by atoms with Crippen molar-refractivity contribution in [1.82, 2.24) is 24.8 Å². The first kappa shape index (κ1) is 14.6. The van der Waals surface area contributed by atoms with Crippen LogP contribution in [0.3, 0.4) is 0 Å². The molecule has 0 radical (unpaired) electrons. The molecule has 0 spiro atoms. The average molecular weight is 336 g/mol. The standard InChI is InChI=1S/C18H20N6O/c1-12-10-19-8-6-15(12)25-14-7-9-23(11-14)17-5-4-16-20-21-18(13-2-3-13)24(16)22-17/h4-6,8,10,13-14H,2-3,7,9,11H2,1H3. The van der Waals surface area contributed by atoms with Gasteiger partial charge in [-0.3, -0.25) is 4.98 Å². The highest BCUT2D eigenvalue weighted by atomic mass is 16.5. The SMILES string of the molecule is Cc1cnccc1OC1CCN(c2ccc3nnc(C4CC4)n3n2)C1. The van der Waals surface area contributed by atoms with Gasteiger partial charge in [-0.1, -0.05) is 0 Å². The lowest BCUT2D eigenvalue weighted by molar-refractivity contribution is 0.223. The second-order valence-corrected chi connectivity index (χ2v) is 6.91. The highest BCUT2D eigenvalue weighted by Crippen LogP contribution is 2.38. The quantitative estimate of drug-likeness (QED) is 0.728. The predicted octanol–water partition coefficient (Wildman–Crippen LogP) is 2.36. The van der Waals surface area contributed by atoms with Gasteiger partial charge in [-0.05, 0) is 38.0 Å². The normalized spacial score (nSPS) is 20.4. The maximum atomic E-state index is 6.16. The molecule has 1 aliphatic carbocycles. The molecule has 4 heterocycles. The Morgan fingerprint density at radius 3 is 2.88 bits per heavy atom. The molecule has 3 aromatic heterocycles. The van der Waals surface area contributed by atoms with E-state index in [-0.39, 0.29) is 6.10 Å². The zero-order chi connectivity index (χ0) is 16.8. The number of hydrogen-bond donors (Lipinski definition) is 0. The highest BCUT2D eigenvalue weighted by Gasteiger charge is 2.30. The van der Waals surface area contributed by atoms with Gasteiger partial charge in [0, 0.05) is 36.8 Å². The number of pyridine rings is 1. The number of hydrogen-bond acceptors (Lipinski definition) is 6. The van der Waals surface area contributed by atoms with Crippen LogP contribution < -0.4 is 9.64 Å². The van der Waals surface area contributed by atoms with Gasteiger partial charge in [0.05, 0.1) is 6.54 Å². The van der Waals surface area contributed by atoms with Crippen LogP contribution in [0.5, 0.6) is 5.75 Å². The second kappa shape index (κ2) is 5.68. The van der Waals surface area contributed by atoms with Crippen LogP contribution >= 0.6 is 0 Å². The van der Waals surface area contributed by atoms with Gasteiger partial charge in [-0.25, -0.2) is 0 Å². The van der Waals surface area contributed by atoms with Gasteiger partial charge in [0.1, 0.15) is 17.7 Å². The van der Waals surface area contributed by atoms with E-state index in [1.165, 1.54) is 12.8 Å². The fourth-order valence-electron chi connectivity index (χ4n) is 3.37. The Bertz CT molecular complexity index is 919. The Balaban J connectivity index is 1.35. The first-order valence-corrected chi connectivity index (χ1v) is 8.82. The molecular formula is C18H20N6O. The number of anilines is 1. The molecule has 25 heavy (non-hydrogen) atoms. The second-order valence-electron chi connectivity index (χ2n) is 6.91. The maximum absolute atomic E-state index is 6.16. The van der Waals surface area contributed by atoms with Gasteiger partial charge in [0.2, 0.25) is 0 Å². The monoisotopic (exact) mass is 336 g/mol. The Morgan fingerprint density at radius 1 is 1.12 bits per heavy atom. The van der Waals surface area contributed by atoms with Gasteiger partial charge < -0.3 is 9.64 Å². The van der Waals surface area contributed by atoms with Crippen molar-refractivity contribution in [2.45, 2.75) is 38.2 Å². The van der Waals surface area contributed by atoms with E-state index >= 15 is 0 Å². The summed E-state index contributed by atoms with van der Waals surface area (Å²) in [6.45, 7) is 3.80. The van der Waals surface area contributed by atoms with Crippen LogP contribution in [0.1, 0.15) is 36.6 Å². The Hall–Kier alpha value is -2.70. The molecule has 0 N–H and O–H groups in total. The van der Waals surface area contributed by atoms with Crippen molar-refractivity contribution in [3.8, 4) is 5.75 Å². The fourth-order valence-corrected chi connectivity index (χ4v) is 3.37. The number of fused-ring (bicyclic) bond motifs is 1. The number of rotatable bonds is 4. The summed E-state index contributed by atoms with van der Waals surface area (Å²) in [4.78, 5) is 6.39. The molecule has 1 aliphatic heterocycles. The first-order valence-electron chi connectivity index (χ1n) is 8.82. The van der Waals surface area contributed by atoms with Crippen molar-refractivity contribution in [2.24, 2.45) is 0 Å². The topological polar surface area (TPSA) is 68.4 Å². The summed E-state index contributed by atoms with van der Waals surface area (Å²) in [5.74, 6) is 3.41. The molecule has 1 atom stereocenters. The summed E-state index contributed by atoms with van der Waals surface area (Å²) >= 11 is 0. The first-order chi connectivity index (χ1) is 12.3. The molecule has 128 valence electrons. The average Bonchev–Trinajstić information content (AvgIpc) is 3.21. The minimum absolute atomic E-state index is 0.169. The van der Waals surface area contributed by atoms with E-state index in [9.17, 15) is 0 Å². The smallest absolute Gasteiger partial charge is 0.178 e. The van der Waals surface area contributed by atoms with Crippen LogP contribution in [0.2, 0.25) is 0 Å². The number of ether oxygens (including phenoxy) is 1. The third kappa shape index (κ3) is 2.69. The van der Waals surface area contributed by atoms with E-state index in [0.717, 1.165) is 48.1 Å². The van der Waals surface area contributed by atoms with E-state index in [4.69, 9.17) is 9.84 Å². The van der Waals surface area contributed by atoms with Crippen LogP contribution in [0.4, 0.5) is 5.82 Å². The Kier molecular flexibility index (Phi) is 3.33. The molecule has 2 aliphatic rings. The minimum Gasteiger partial charge on any atom is -0.488 e. The van der Waals surface area contributed by atoms with E-state index in [2.05, 4.69) is 20.1 Å². The lowest BCUT2D eigenvalue weighted by atomic mass is 10.2. The van der Waals surface area contributed by atoms with Crippen molar-refractivity contribution in [3.05, 3.63) is 42.0 Å². The number of aryl methyl sites for hydroxylation is 1. The zero-order valence-electron chi connectivity index (χ0n) is 14.2. The largest absolute Gasteiger partial charge is 0.488 e. The van der Waals surface area contributed by atoms with Crippen molar-refractivity contribution >= 4 is 11.5 Å². The van der Waals surface area contributed by atoms with Crippen molar-refractivity contribution in [1.29, 1.82) is 0 Å². The molecule has 3 aromatic rings. The van der Waals surface area contributed by atoms with E-state index in [0.29, 0.717) is 5.92 Å². The molecular weight excluding hydrogens is 316 g/mol. The van der Waals surface area contributed by atoms with Gasteiger partial charge in [0.25, 0.3) is 0 Å². The van der Waals surface area contributed by atoms with E-state index < -0.39 is 0 Å². The molecule has 1 unspecified atom stereocenters. The maximum Gasteiger partial charge on any atom is 0.178 e. The van der Waals surface area contributed by atoms with Gasteiger partial charge >= 0.3 is 0 Å². The van der Waals surface area contributed by atoms with E-state index in [1.807, 2.05) is 35.8 Å². The molecule has 0 amide bonds. The van der Waals surface area contributed by atoms with Crippen molar-refractivity contribution < 1.29 is 4.74 Å².